The zero-order valence-electron chi connectivity index (χ0n) is 14.3. The number of likely N-dealkylation sites (N-methyl/N-ethyl adjacent to an activating group) is 1. The summed E-state index contributed by atoms with van der Waals surface area (Å²) in [6.07, 6.45) is 0. The maximum atomic E-state index is 12.3. The molecule has 0 unspecified atom stereocenters. The molecular formula is C19H23BrN2O2. The van der Waals surface area contributed by atoms with E-state index in [2.05, 4.69) is 21.2 Å². The lowest BCUT2D eigenvalue weighted by molar-refractivity contribution is -0.122. The molecule has 0 saturated carbocycles. The Morgan fingerprint density at radius 1 is 1.25 bits per heavy atom. The predicted molar refractivity (Wildman–Crippen MR) is 100 cm³/mol. The number of hydrogen-bond acceptors (Lipinski definition) is 3. The SMILES string of the molecule is COc1ccc(Br)cc1CN(C)CC(=O)N[C@@H](C)c1ccccc1. The number of rotatable bonds is 7. The molecule has 1 amide bonds. The molecule has 1 N–H and O–H groups in total. The molecule has 2 aromatic carbocycles. The Labute approximate surface area is 151 Å². The van der Waals surface area contributed by atoms with E-state index in [1.54, 1.807) is 7.11 Å². The zero-order valence-corrected chi connectivity index (χ0v) is 15.8. The number of amides is 1. The molecule has 4 nitrogen and oxygen atoms in total. The van der Waals surface area contributed by atoms with E-state index >= 15 is 0 Å². The lowest BCUT2D eigenvalue weighted by atomic mass is 10.1. The first-order valence-corrected chi connectivity index (χ1v) is 8.64. The van der Waals surface area contributed by atoms with Gasteiger partial charge in [-0.25, -0.2) is 0 Å². The van der Waals surface area contributed by atoms with Crippen molar-refractivity contribution >= 4 is 21.8 Å². The van der Waals surface area contributed by atoms with Crippen LogP contribution in [-0.4, -0.2) is 31.5 Å². The van der Waals surface area contributed by atoms with Gasteiger partial charge in [0.05, 0.1) is 19.7 Å². The van der Waals surface area contributed by atoms with Crippen molar-refractivity contribution in [3.05, 3.63) is 64.1 Å². The number of nitrogens with zero attached hydrogens (tertiary/aromatic N) is 1. The first kappa shape index (κ1) is 18.5. The molecule has 0 heterocycles. The summed E-state index contributed by atoms with van der Waals surface area (Å²) in [6.45, 7) is 2.95. The lowest BCUT2D eigenvalue weighted by Gasteiger charge is -2.20. The van der Waals surface area contributed by atoms with Crippen molar-refractivity contribution in [1.29, 1.82) is 0 Å². The average Bonchev–Trinajstić information content (AvgIpc) is 2.55. The van der Waals surface area contributed by atoms with Crippen LogP contribution >= 0.6 is 15.9 Å². The van der Waals surface area contributed by atoms with Gasteiger partial charge in [0.1, 0.15) is 5.75 Å². The van der Waals surface area contributed by atoms with E-state index in [9.17, 15) is 4.79 Å². The molecule has 1 atom stereocenters. The van der Waals surface area contributed by atoms with Gasteiger partial charge in [-0.3, -0.25) is 9.69 Å². The summed E-state index contributed by atoms with van der Waals surface area (Å²) in [4.78, 5) is 14.2. The van der Waals surface area contributed by atoms with Crippen molar-refractivity contribution in [2.24, 2.45) is 0 Å². The van der Waals surface area contributed by atoms with Crippen LogP contribution < -0.4 is 10.1 Å². The van der Waals surface area contributed by atoms with Crippen LogP contribution in [-0.2, 0) is 11.3 Å². The van der Waals surface area contributed by atoms with E-state index in [1.807, 2.05) is 67.4 Å². The summed E-state index contributed by atoms with van der Waals surface area (Å²) in [5, 5.41) is 3.03. The zero-order chi connectivity index (χ0) is 17.5. The molecule has 0 spiro atoms. The summed E-state index contributed by atoms with van der Waals surface area (Å²) in [5.74, 6) is 0.825. The van der Waals surface area contributed by atoms with Crippen molar-refractivity contribution in [2.45, 2.75) is 19.5 Å². The Bertz CT molecular complexity index is 676. The van der Waals surface area contributed by atoms with Crippen LogP contribution in [0.15, 0.2) is 53.0 Å². The lowest BCUT2D eigenvalue weighted by Crippen LogP contribution is -2.36. The maximum absolute atomic E-state index is 12.3. The van der Waals surface area contributed by atoms with Gasteiger partial charge in [0, 0.05) is 16.6 Å². The molecule has 0 aliphatic heterocycles. The second-order valence-corrected chi connectivity index (χ2v) is 6.74. The molecule has 128 valence electrons. The Kier molecular flexibility index (Phi) is 6.82. The molecule has 0 aromatic heterocycles. The van der Waals surface area contributed by atoms with Gasteiger partial charge in [0.25, 0.3) is 0 Å². The van der Waals surface area contributed by atoms with E-state index in [1.165, 1.54) is 0 Å². The number of ether oxygens (including phenoxy) is 1. The molecule has 0 fully saturated rings. The van der Waals surface area contributed by atoms with Gasteiger partial charge in [-0.1, -0.05) is 46.3 Å². The molecule has 0 aliphatic rings. The topological polar surface area (TPSA) is 41.6 Å². The number of nitrogens with one attached hydrogen (secondary N) is 1. The second-order valence-electron chi connectivity index (χ2n) is 5.83. The number of hydrogen-bond donors (Lipinski definition) is 1. The Morgan fingerprint density at radius 2 is 1.96 bits per heavy atom. The third kappa shape index (κ3) is 5.35. The maximum Gasteiger partial charge on any atom is 0.234 e. The highest BCUT2D eigenvalue weighted by Crippen LogP contribution is 2.24. The highest BCUT2D eigenvalue weighted by molar-refractivity contribution is 9.10. The summed E-state index contributed by atoms with van der Waals surface area (Å²) < 4.78 is 6.37. The molecule has 0 radical (unpaired) electrons. The molecule has 5 heteroatoms. The number of methoxy groups -OCH3 is 1. The first-order chi connectivity index (χ1) is 11.5. The predicted octanol–water partition coefficient (Wildman–Crippen LogP) is 3.77. The molecule has 0 aliphatic carbocycles. The fourth-order valence-electron chi connectivity index (χ4n) is 2.57. The molecule has 24 heavy (non-hydrogen) atoms. The highest BCUT2D eigenvalue weighted by Gasteiger charge is 2.13. The van der Waals surface area contributed by atoms with Crippen molar-refractivity contribution in [3.8, 4) is 5.75 Å². The Morgan fingerprint density at radius 3 is 2.62 bits per heavy atom. The number of benzene rings is 2. The fraction of sp³-hybridized carbons (Fsp3) is 0.316. The van der Waals surface area contributed by atoms with Gasteiger partial charge in [-0.2, -0.15) is 0 Å². The van der Waals surface area contributed by atoms with Crippen LogP contribution in [0.1, 0.15) is 24.1 Å². The Hall–Kier alpha value is -1.85. The number of carbonyl (C=O) groups is 1. The Balaban J connectivity index is 1.91. The van der Waals surface area contributed by atoms with Gasteiger partial charge >= 0.3 is 0 Å². The summed E-state index contributed by atoms with van der Waals surface area (Å²) in [7, 11) is 3.58. The average molecular weight is 391 g/mol. The van der Waals surface area contributed by atoms with Gasteiger partial charge in [-0.15, -0.1) is 0 Å². The van der Waals surface area contributed by atoms with Crippen LogP contribution in [0.3, 0.4) is 0 Å². The fourth-order valence-corrected chi connectivity index (χ4v) is 2.98. The van der Waals surface area contributed by atoms with Crippen molar-refractivity contribution in [2.75, 3.05) is 20.7 Å². The quantitative estimate of drug-likeness (QED) is 0.782. The standard InChI is InChI=1S/C19H23BrN2O2/c1-14(15-7-5-4-6-8-15)21-19(23)13-22(2)12-16-11-17(20)9-10-18(16)24-3/h4-11,14H,12-13H2,1-3H3,(H,21,23)/t14-/m0/s1. The molecule has 2 aromatic rings. The van der Waals surface area contributed by atoms with Crippen LogP contribution in [0, 0.1) is 0 Å². The van der Waals surface area contributed by atoms with Gasteiger partial charge < -0.3 is 10.1 Å². The highest BCUT2D eigenvalue weighted by atomic mass is 79.9. The molecule has 2 rings (SSSR count). The summed E-state index contributed by atoms with van der Waals surface area (Å²) in [6, 6.07) is 15.8. The van der Waals surface area contributed by atoms with Crippen LogP contribution in [0.5, 0.6) is 5.75 Å². The van der Waals surface area contributed by atoms with E-state index in [0.717, 1.165) is 21.3 Å². The third-order valence-electron chi connectivity index (χ3n) is 3.77. The smallest absolute Gasteiger partial charge is 0.234 e. The minimum Gasteiger partial charge on any atom is -0.496 e. The molecule has 0 bridgehead atoms. The number of halogens is 1. The van der Waals surface area contributed by atoms with Crippen molar-refractivity contribution in [1.82, 2.24) is 10.2 Å². The molecule has 0 saturated heterocycles. The van der Waals surface area contributed by atoms with Crippen LogP contribution in [0.25, 0.3) is 0 Å². The monoisotopic (exact) mass is 390 g/mol. The van der Waals surface area contributed by atoms with Crippen LogP contribution in [0.4, 0.5) is 0 Å². The van der Waals surface area contributed by atoms with E-state index in [-0.39, 0.29) is 11.9 Å². The third-order valence-corrected chi connectivity index (χ3v) is 4.27. The first-order valence-electron chi connectivity index (χ1n) is 7.85. The summed E-state index contributed by atoms with van der Waals surface area (Å²) >= 11 is 3.47. The van der Waals surface area contributed by atoms with E-state index < -0.39 is 0 Å². The van der Waals surface area contributed by atoms with E-state index in [4.69, 9.17) is 4.74 Å². The minimum atomic E-state index is -0.00694. The largest absolute Gasteiger partial charge is 0.496 e. The van der Waals surface area contributed by atoms with Crippen molar-refractivity contribution < 1.29 is 9.53 Å². The minimum absolute atomic E-state index is 0.00261. The van der Waals surface area contributed by atoms with Gasteiger partial charge in [-0.05, 0) is 37.7 Å². The van der Waals surface area contributed by atoms with Crippen LogP contribution in [0.2, 0.25) is 0 Å². The summed E-state index contributed by atoms with van der Waals surface area (Å²) in [5.41, 5.74) is 2.14. The second kappa shape index (κ2) is 8.85. The van der Waals surface area contributed by atoms with Gasteiger partial charge in [0.15, 0.2) is 0 Å². The van der Waals surface area contributed by atoms with Crippen molar-refractivity contribution in [3.63, 3.8) is 0 Å². The normalized spacial score (nSPS) is 12.0. The molecular weight excluding hydrogens is 368 g/mol. The van der Waals surface area contributed by atoms with Gasteiger partial charge in [0.2, 0.25) is 5.91 Å². The van der Waals surface area contributed by atoms with E-state index in [0.29, 0.717) is 13.1 Å². The number of carbonyl (C=O) groups excluding carboxylic acids is 1.